The second kappa shape index (κ2) is 8.14. The fourth-order valence-corrected chi connectivity index (χ4v) is 3.58. The number of hydrogen-bond donors (Lipinski definition) is 1. The van der Waals surface area contributed by atoms with Gasteiger partial charge in [0.15, 0.2) is 5.65 Å². The minimum absolute atomic E-state index is 0.276. The number of aromatic nitrogens is 3. The zero-order valence-corrected chi connectivity index (χ0v) is 17.6. The monoisotopic (exact) mass is 402 g/mol. The Morgan fingerprint density at radius 2 is 1.77 bits per heavy atom. The molecule has 30 heavy (non-hydrogen) atoms. The Balaban J connectivity index is 1.92. The molecule has 6 heteroatoms. The van der Waals surface area contributed by atoms with Gasteiger partial charge in [0, 0.05) is 5.69 Å². The zero-order chi connectivity index (χ0) is 21.3. The highest BCUT2D eigenvalue weighted by molar-refractivity contribution is 6.09. The first kappa shape index (κ1) is 19.9. The van der Waals surface area contributed by atoms with Gasteiger partial charge in [-0.25, -0.2) is 14.8 Å². The lowest BCUT2D eigenvalue weighted by molar-refractivity contribution is 0.0501. The van der Waals surface area contributed by atoms with Gasteiger partial charge >= 0.3 is 5.97 Å². The first-order valence-electron chi connectivity index (χ1n) is 10.3. The summed E-state index contributed by atoms with van der Waals surface area (Å²) >= 11 is 0. The van der Waals surface area contributed by atoms with Crippen molar-refractivity contribution in [1.82, 2.24) is 14.5 Å². The van der Waals surface area contributed by atoms with Crippen LogP contribution >= 0.6 is 0 Å². The molecular formula is C24H26N4O2. The maximum absolute atomic E-state index is 13.0. The third-order valence-corrected chi connectivity index (χ3v) is 5.43. The molecule has 2 aromatic carbocycles. The van der Waals surface area contributed by atoms with Crippen LogP contribution in [-0.2, 0) is 4.74 Å². The van der Waals surface area contributed by atoms with Gasteiger partial charge in [0.25, 0.3) is 0 Å². The number of hydrogen-bond acceptors (Lipinski definition) is 5. The Labute approximate surface area is 175 Å². The van der Waals surface area contributed by atoms with Crippen molar-refractivity contribution >= 4 is 34.0 Å². The van der Waals surface area contributed by atoms with Gasteiger partial charge in [0.2, 0.25) is 0 Å². The van der Waals surface area contributed by atoms with E-state index in [1.54, 1.807) is 4.57 Å². The van der Waals surface area contributed by atoms with E-state index in [0.717, 1.165) is 36.0 Å². The smallest absolute Gasteiger partial charge is 0.344 e. The molecule has 2 heterocycles. The number of benzene rings is 2. The van der Waals surface area contributed by atoms with E-state index >= 15 is 0 Å². The molecule has 0 unspecified atom stereocenters. The van der Waals surface area contributed by atoms with E-state index in [1.165, 1.54) is 5.56 Å². The summed E-state index contributed by atoms with van der Waals surface area (Å²) in [4.78, 5) is 22.5. The van der Waals surface area contributed by atoms with E-state index in [1.807, 2.05) is 49.4 Å². The summed E-state index contributed by atoms with van der Waals surface area (Å²) in [5, 5.41) is 0. The van der Waals surface area contributed by atoms with Crippen molar-refractivity contribution in [2.24, 2.45) is 0 Å². The van der Waals surface area contributed by atoms with Gasteiger partial charge in [-0.1, -0.05) is 38.0 Å². The number of ether oxygens (including phenoxy) is 1. The first-order chi connectivity index (χ1) is 14.5. The number of carbonyl (C=O) groups excluding carboxylic acids is 1. The van der Waals surface area contributed by atoms with E-state index in [9.17, 15) is 4.79 Å². The molecule has 0 aliphatic heterocycles. The molecule has 0 amide bonds. The lowest BCUT2D eigenvalue weighted by Crippen LogP contribution is -2.10. The minimum Gasteiger partial charge on any atom is -0.462 e. The molecule has 2 N–H and O–H groups in total. The number of anilines is 1. The number of nitrogens with two attached hydrogens (primary N) is 1. The van der Waals surface area contributed by atoms with Crippen LogP contribution in [0.5, 0.6) is 0 Å². The SMILES string of the molecule is CCCCCOC(=O)c1c(N)n(-c2ccc(C)c(C)c2)c2nc3ccccc3nc12. The molecule has 0 aliphatic carbocycles. The van der Waals surface area contributed by atoms with Crippen molar-refractivity contribution in [3.8, 4) is 5.69 Å². The van der Waals surface area contributed by atoms with Gasteiger partial charge < -0.3 is 10.5 Å². The molecule has 0 bridgehead atoms. The largest absolute Gasteiger partial charge is 0.462 e. The number of para-hydroxylation sites is 2. The molecule has 4 aromatic rings. The fourth-order valence-electron chi connectivity index (χ4n) is 3.58. The van der Waals surface area contributed by atoms with Gasteiger partial charge in [0.1, 0.15) is 16.9 Å². The van der Waals surface area contributed by atoms with E-state index in [-0.39, 0.29) is 5.56 Å². The molecule has 0 radical (unpaired) electrons. The second-order valence-corrected chi connectivity index (χ2v) is 7.59. The quantitative estimate of drug-likeness (QED) is 0.357. The Hall–Kier alpha value is -3.41. The van der Waals surface area contributed by atoms with Gasteiger partial charge in [-0.3, -0.25) is 4.57 Å². The van der Waals surface area contributed by atoms with Crippen molar-refractivity contribution < 1.29 is 9.53 Å². The van der Waals surface area contributed by atoms with Crippen molar-refractivity contribution in [3.63, 3.8) is 0 Å². The number of carbonyl (C=O) groups is 1. The molecular weight excluding hydrogens is 376 g/mol. The summed E-state index contributed by atoms with van der Waals surface area (Å²) < 4.78 is 7.32. The minimum atomic E-state index is -0.458. The van der Waals surface area contributed by atoms with Crippen LogP contribution in [0.3, 0.4) is 0 Å². The standard InChI is InChI=1S/C24H26N4O2/c1-4-5-8-13-30-24(29)20-21-23(27-19-10-7-6-9-18(19)26-21)28(22(20)25)17-12-11-15(2)16(3)14-17/h6-7,9-12,14H,4-5,8,13,25H2,1-3H3. The number of nitrogen functional groups attached to an aromatic ring is 1. The number of fused-ring (bicyclic) bond motifs is 2. The summed E-state index contributed by atoms with van der Waals surface area (Å²) in [6.07, 6.45) is 2.90. The van der Waals surface area contributed by atoms with Crippen LogP contribution in [0.2, 0.25) is 0 Å². The van der Waals surface area contributed by atoms with Crippen molar-refractivity contribution in [2.75, 3.05) is 12.3 Å². The number of esters is 1. The molecule has 0 fully saturated rings. The molecule has 154 valence electrons. The van der Waals surface area contributed by atoms with Crippen LogP contribution in [-0.4, -0.2) is 27.1 Å². The Morgan fingerprint density at radius 3 is 2.47 bits per heavy atom. The number of nitrogens with zero attached hydrogens (tertiary/aromatic N) is 3. The Kier molecular flexibility index (Phi) is 5.40. The molecule has 6 nitrogen and oxygen atoms in total. The van der Waals surface area contributed by atoms with Crippen LogP contribution in [0.4, 0.5) is 5.82 Å². The molecule has 2 aromatic heterocycles. The molecule has 0 atom stereocenters. The van der Waals surface area contributed by atoms with Gasteiger partial charge in [-0.2, -0.15) is 0 Å². The Bertz CT molecular complexity index is 1240. The van der Waals surface area contributed by atoms with Gasteiger partial charge in [0.05, 0.1) is 17.6 Å². The normalized spacial score (nSPS) is 11.3. The van der Waals surface area contributed by atoms with Crippen molar-refractivity contribution in [3.05, 3.63) is 59.2 Å². The van der Waals surface area contributed by atoms with Crippen LogP contribution in [0, 0.1) is 13.8 Å². The zero-order valence-electron chi connectivity index (χ0n) is 17.6. The fraction of sp³-hybridized carbons (Fsp3) is 0.292. The highest BCUT2D eigenvalue weighted by Gasteiger charge is 2.26. The van der Waals surface area contributed by atoms with Crippen molar-refractivity contribution in [2.45, 2.75) is 40.0 Å². The number of unbranched alkanes of at least 4 members (excludes halogenated alkanes) is 2. The lowest BCUT2D eigenvalue weighted by Gasteiger charge is -2.10. The lowest BCUT2D eigenvalue weighted by atomic mass is 10.1. The Morgan fingerprint density at radius 1 is 1.03 bits per heavy atom. The van der Waals surface area contributed by atoms with Crippen molar-refractivity contribution in [1.29, 1.82) is 0 Å². The van der Waals surface area contributed by atoms with Crippen LogP contribution in [0.1, 0.15) is 47.7 Å². The molecule has 0 saturated heterocycles. The predicted molar refractivity (Wildman–Crippen MR) is 120 cm³/mol. The summed E-state index contributed by atoms with van der Waals surface area (Å²) in [7, 11) is 0. The maximum atomic E-state index is 13.0. The predicted octanol–water partition coefficient (Wildman–Crippen LogP) is 5.12. The van der Waals surface area contributed by atoms with E-state index in [0.29, 0.717) is 29.1 Å². The van der Waals surface area contributed by atoms with Gasteiger partial charge in [-0.15, -0.1) is 0 Å². The first-order valence-corrected chi connectivity index (χ1v) is 10.3. The summed E-state index contributed by atoms with van der Waals surface area (Å²) in [6, 6.07) is 13.6. The topological polar surface area (TPSA) is 83.0 Å². The maximum Gasteiger partial charge on any atom is 0.344 e. The number of rotatable bonds is 6. The summed E-state index contributed by atoms with van der Waals surface area (Å²) in [5.74, 6) is -0.162. The van der Waals surface area contributed by atoms with E-state index in [2.05, 4.69) is 13.8 Å². The van der Waals surface area contributed by atoms with Crippen LogP contribution in [0.25, 0.3) is 27.9 Å². The van der Waals surface area contributed by atoms with Gasteiger partial charge in [-0.05, 0) is 55.7 Å². The average molecular weight is 402 g/mol. The third-order valence-electron chi connectivity index (χ3n) is 5.43. The highest BCUT2D eigenvalue weighted by atomic mass is 16.5. The average Bonchev–Trinajstić information content (AvgIpc) is 3.02. The van der Waals surface area contributed by atoms with E-state index < -0.39 is 5.97 Å². The van der Waals surface area contributed by atoms with Crippen LogP contribution < -0.4 is 5.73 Å². The third kappa shape index (κ3) is 3.49. The molecule has 4 rings (SSSR count). The highest BCUT2D eigenvalue weighted by Crippen LogP contribution is 2.32. The number of aryl methyl sites for hydroxylation is 2. The van der Waals surface area contributed by atoms with E-state index in [4.69, 9.17) is 20.4 Å². The molecule has 0 spiro atoms. The second-order valence-electron chi connectivity index (χ2n) is 7.59. The molecule has 0 saturated carbocycles. The molecule has 0 aliphatic rings. The summed E-state index contributed by atoms with van der Waals surface area (Å²) in [5.41, 5.74) is 12.4. The summed E-state index contributed by atoms with van der Waals surface area (Å²) in [6.45, 7) is 6.58. The van der Waals surface area contributed by atoms with Crippen LogP contribution in [0.15, 0.2) is 42.5 Å².